The lowest BCUT2D eigenvalue weighted by molar-refractivity contribution is -0.160. The van der Waals surface area contributed by atoms with Gasteiger partial charge in [-0.3, -0.25) is 14.4 Å². The quantitative estimate of drug-likeness (QED) is 0.345. The third kappa shape index (κ3) is 3.86. The maximum Gasteiger partial charge on any atom is 0.303 e. The Morgan fingerprint density at radius 1 is 0.935 bits per heavy atom. The van der Waals surface area contributed by atoms with Gasteiger partial charge in [0.1, 0.15) is 6.61 Å². The first-order valence-corrected chi connectivity index (χ1v) is 10.9. The van der Waals surface area contributed by atoms with Gasteiger partial charge in [-0.05, 0) is 19.1 Å². The van der Waals surface area contributed by atoms with E-state index < -0.39 is 50.8 Å². The van der Waals surface area contributed by atoms with E-state index in [4.69, 9.17) is 14.2 Å². The van der Waals surface area contributed by atoms with E-state index in [1.54, 1.807) is 24.3 Å². The molecule has 2 aromatic rings. The lowest BCUT2D eigenvalue weighted by Gasteiger charge is -2.24. The van der Waals surface area contributed by atoms with E-state index in [-0.39, 0.29) is 10.5 Å². The standard InChI is InChI=1S/C22H22O8S/c1-15(23)28-14-19(29-16(2)24)21(3)22(30-21,20(25)17-10-6-4-7-11-17)31(26,27)18-12-8-5-9-13-18/h4-13,19H,14H2,1-3H3/t19-,21-,22-/m0/s1. The molecular weight excluding hydrogens is 424 g/mol. The van der Waals surface area contributed by atoms with Gasteiger partial charge in [0.25, 0.3) is 4.93 Å². The molecule has 2 aromatic carbocycles. The summed E-state index contributed by atoms with van der Waals surface area (Å²) in [6.45, 7) is 3.16. The number of ketones is 1. The molecule has 0 bridgehead atoms. The minimum Gasteiger partial charge on any atom is -0.462 e. The van der Waals surface area contributed by atoms with Gasteiger partial charge < -0.3 is 14.2 Å². The predicted octanol–water partition coefficient (Wildman–Crippen LogP) is 2.32. The average Bonchev–Trinajstić information content (AvgIpc) is 3.40. The van der Waals surface area contributed by atoms with Gasteiger partial charge in [-0.2, -0.15) is 0 Å². The first-order valence-electron chi connectivity index (χ1n) is 9.46. The van der Waals surface area contributed by atoms with Crippen LogP contribution in [0.3, 0.4) is 0 Å². The minimum absolute atomic E-state index is 0.111. The zero-order valence-electron chi connectivity index (χ0n) is 17.2. The van der Waals surface area contributed by atoms with Crippen LogP contribution in [0, 0.1) is 0 Å². The first-order chi connectivity index (χ1) is 14.6. The predicted molar refractivity (Wildman–Crippen MR) is 109 cm³/mol. The third-order valence-corrected chi connectivity index (χ3v) is 7.42. The van der Waals surface area contributed by atoms with Crippen LogP contribution >= 0.6 is 0 Å². The maximum absolute atomic E-state index is 13.7. The lowest BCUT2D eigenvalue weighted by atomic mass is 9.94. The highest BCUT2D eigenvalue weighted by Crippen LogP contribution is 2.58. The van der Waals surface area contributed by atoms with Gasteiger partial charge in [0.2, 0.25) is 15.6 Å². The number of rotatable bonds is 8. The number of sulfone groups is 1. The van der Waals surface area contributed by atoms with Gasteiger partial charge in [0, 0.05) is 19.4 Å². The van der Waals surface area contributed by atoms with Crippen molar-refractivity contribution in [2.45, 2.75) is 42.3 Å². The molecule has 0 amide bonds. The number of hydrogen-bond acceptors (Lipinski definition) is 8. The molecule has 1 saturated heterocycles. The smallest absolute Gasteiger partial charge is 0.303 e. The van der Waals surface area contributed by atoms with Crippen molar-refractivity contribution in [2.24, 2.45) is 0 Å². The third-order valence-electron chi connectivity index (χ3n) is 5.10. The molecule has 0 unspecified atom stereocenters. The van der Waals surface area contributed by atoms with Crippen LogP contribution in [0.1, 0.15) is 31.1 Å². The van der Waals surface area contributed by atoms with Gasteiger partial charge >= 0.3 is 11.9 Å². The van der Waals surface area contributed by atoms with Gasteiger partial charge in [-0.1, -0.05) is 48.5 Å². The molecule has 3 atom stereocenters. The minimum atomic E-state index is -4.41. The molecule has 1 fully saturated rings. The van der Waals surface area contributed by atoms with Crippen LogP contribution in [-0.4, -0.2) is 49.4 Å². The summed E-state index contributed by atoms with van der Waals surface area (Å²) in [7, 11) is -4.41. The van der Waals surface area contributed by atoms with Crippen molar-refractivity contribution in [1.29, 1.82) is 0 Å². The largest absolute Gasteiger partial charge is 0.462 e. The van der Waals surface area contributed by atoms with Crippen LogP contribution in [0.2, 0.25) is 0 Å². The highest BCUT2D eigenvalue weighted by atomic mass is 32.2. The summed E-state index contributed by atoms with van der Waals surface area (Å²) in [4.78, 5) is 34.1. The summed E-state index contributed by atoms with van der Waals surface area (Å²) < 4.78 is 43.3. The van der Waals surface area contributed by atoms with Gasteiger partial charge in [0.05, 0.1) is 4.90 Å². The van der Waals surface area contributed by atoms with Gasteiger partial charge in [0.15, 0.2) is 11.7 Å². The second-order valence-electron chi connectivity index (χ2n) is 7.24. The molecule has 1 aliphatic rings. The molecular formula is C22H22O8S. The van der Waals surface area contributed by atoms with E-state index in [0.29, 0.717) is 0 Å². The monoisotopic (exact) mass is 446 g/mol. The number of carbonyl (C=O) groups is 3. The second-order valence-corrected chi connectivity index (χ2v) is 9.29. The Kier molecular flexibility index (Phi) is 6.02. The van der Waals surface area contributed by atoms with E-state index in [1.165, 1.54) is 43.3 Å². The molecule has 0 radical (unpaired) electrons. The molecule has 9 heteroatoms. The Morgan fingerprint density at radius 3 is 2.00 bits per heavy atom. The van der Waals surface area contributed by atoms with Crippen molar-refractivity contribution in [1.82, 2.24) is 0 Å². The number of carbonyl (C=O) groups excluding carboxylic acids is 3. The fourth-order valence-corrected chi connectivity index (χ4v) is 5.67. The number of hydrogen-bond donors (Lipinski definition) is 0. The molecule has 8 nitrogen and oxygen atoms in total. The Balaban J connectivity index is 2.15. The summed E-state index contributed by atoms with van der Waals surface area (Å²) in [6, 6.07) is 15.2. The molecule has 0 aromatic heterocycles. The van der Waals surface area contributed by atoms with Crippen LogP contribution in [-0.2, 0) is 33.6 Å². The van der Waals surface area contributed by atoms with Crippen LogP contribution in [0.15, 0.2) is 65.6 Å². The van der Waals surface area contributed by atoms with E-state index in [9.17, 15) is 22.8 Å². The van der Waals surface area contributed by atoms with Crippen molar-refractivity contribution in [3.63, 3.8) is 0 Å². The Hall–Kier alpha value is -3.04. The van der Waals surface area contributed by atoms with Crippen molar-refractivity contribution >= 4 is 27.6 Å². The van der Waals surface area contributed by atoms with Crippen molar-refractivity contribution in [2.75, 3.05) is 6.61 Å². The SMILES string of the molecule is CC(=O)OC[C@H](OC(C)=O)[C@]1(C)O[C@@]1(C(=O)c1ccccc1)S(=O)(=O)c1ccccc1. The zero-order valence-corrected chi connectivity index (χ0v) is 18.0. The molecule has 0 spiro atoms. The average molecular weight is 446 g/mol. The second kappa shape index (κ2) is 8.24. The highest BCUT2D eigenvalue weighted by molar-refractivity contribution is 7.94. The van der Waals surface area contributed by atoms with Gasteiger partial charge in [-0.25, -0.2) is 8.42 Å². The fourth-order valence-electron chi connectivity index (χ4n) is 3.51. The first kappa shape index (κ1) is 22.6. The number of ether oxygens (including phenoxy) is 3. The van der Waals surface area contributed by atoms with E-state index in [0.717, 1.165) is 13.8 Å². The summed E-state index contributed by atoms with van der Waals surface area (Å²) in [5.41, 5.74) is -1.68. The maximum atomic E-state index is 13.7. The van der Waals surface area contributed by atoms with Crippen molar-refractivity contribution in [3.05, 3.63) is 66.2 Å². The van der Waals surface area contributed by atoms with E-state index in [2.05, 4.69) is 0 Å². The molecule has 1 heterocycles. The number of esters is 2. The summed E-state index contributed by atoms with van der Waals surface area (Å²) in [5.74, 6) is -2.21. The van der Waals surface area contributed by atoms with Crippen LogP contribution in [0.5, 0.6) is 0 Å². The van der Waals surface area contributed by atoms with Crippen LogP contribution in [0.4, 0.5) is 0 Å². The van der Waals surface area contributed by atoms with E-state index in [1.807, 2.05) is 0 Å². The molecule has 0 aliphatic carbocycles. The number of Topliss-reactive ketones (excluding diaryl/α,β-unsaturated/α-hetero) is 1. The normalized spacial score (nSPS) is 23.5. The summed E-state index contributed by atoms with van der Waals surface area (Å²) in [5, 5.41) is 0. The molecule has 3 rings (SSSR count). The highest BCUT2D eigenvalue weighted by Gasteiger charge is 2.83. The lowest BCUT2D eigenvalue weighted by Crippen LogP contribution is -2.48. The summed E-state index contributed by atoms with van der Waals surface area (Å²) >= 11 is 0. The molecule has 164 valence electrons. The van der Waals surface area contributed by atoms with Crippen molar-refractivity contribution in [3.8, 4) is 0 Å². The summed E-state index contributed by atoms with van der Waals surface area (Å²) in [6.07, 6.45) is -1.33. The number of benzene rings is 2. The molecule has 0 N–H and O–H groups in total. The molecule has 0 saturated carbocycles. The molecule has 31 heavy (non-hydrogen) atoms. The van der Waals surface area contributed by atoms with Crippen molar-refractivity contribution < 1.29 is 37.0 Å². The van der Waals surface area contributed by atoms with Crippen LogP contribution < -0.4 is 0 Å². The Bertz CT molecular complexity index is 1100. The topological polar surface area (TPSA) is 116 Å². The Labute approximate surface area is 180 Å². The number of epoxide rings is 1. The van der Waals surface area contributed by atoms with Crippen LogP contribution in [0.25, 0.3) is 0 Å². The van der Waals surface area contributed by atoms with Gasteiger partial charge in [-0.15, -0.1) is 0 Å². The Morgan fingerprint density at radius 2 is 1.48 bits per heavy atom. The molecule has 1 aliphatic heterocycles. The zero-order chi connectivity index (χ0) is 22.9. The fraction of sp³-hybridized carbons (Fsp3) is 0.318. The van der Waals surface area contributed by atoms with E-state index >= 15 is 0 Å².